The first-order valence-electron chi connectivity index (χ1n) is 8.14. The number of halogens is 1. The second kappa shape index (κ2) is 5.73. The van der Waals surface area contributed by atoms with Crippen LogP contribution in [0.3, 0.4) is 0 Å². The quantitative estimate of drug-likeness (QED) is 0.798. The molecule has 3 heterocycles. The minimum atomic E-state index is -1.48. The van der Waals surface area contributed by atoms with Crippen LogP contribution in [0.5, 0.6) is 0 Å². The summed E-state index contributed by atoms with van der Waals surface area (Å²) in [6.07, 6.45) is 1.66. The maximum atomic E-state index is 14.2. The number of carbonyl (C=O) groups excluding carboxylic acids is 1. The van der Waals surface area contributed by atoms with Gasteiger partial charge in [-0.05, 0) is 44.9 Å². The van der Waals surface area contributed by atoms with Crippen LogP contribution in [0.25, 0.3) is 0 Å². The predicted octanol–water partition coefficient (Wildman–Crippen LogP) is 2.63. The van der Waals surface area contributed by atoms with Crippen LogP contribution in [-0.2, 0) is 15.2 Å². The fourth-order valence-electron chi connectivity index (χ4n) is 3.80. The van der Waals surface area contributed by atoms with Crippen LogP contribution in [-0.4, -0.2) is 36.1 Å². The third-order valence-electron chi connectivity index (χ3n) is 5.11. The molecule has 2 bridgehead atoms. The molecule has 0 N–H and O–H groups in total. The molecule has 2 unspecified atom stereocenters. The highest BCUT2D eigenvalue weighted by molar-refractivity contribution is 5.69. The average Bonchev–Trinajstić information content (AvgIpc) is 2.50. The Hall–Kier alpha value is -1.72. The van der Waals surface area contributed by atoms with E-state index in [9.17, 15) is 9.18 Å². The molecular formula is C17H24FN3O2. The molecule has 0 amide bonds. The molecule has 3 aliphatic rings. The SMILES string of the molecule is COC(=O)CC1C2CC1CN(c1cc(C(C)(C)F)nc(C)n1)C2. The van der Waals surface area contributed by atoms with Crippen molar-refractivity contribution in [1.82, 2.24) is 9.97 Å². The minimum absolute atomic E-state index is 0.127. The van der Waals surface area contributed by atoms with Crippen LogP contribution < -0.4 is 4.90 Å². The number of aryl methyl sites for hydroxylation is 1. The first-order chi connectivity index (χ1) is 10.8. The van der Waals surface area contributed by atoms with E-state index in [4.69, 9.17) is 4.74 Å². The smallest absolute Gasteiger partial charge is 0.305 e. The Morgan fingerprint density at radius 3 is 2.61 bits per heavy atom. The summed E-state index contributed by atoms with van der Waals surface area (Å²) in [5.74, 6) is 2.66. The van der Waals surface area contributed by atoms with E-state index in [1.807, 2.05) is 0 Å². The van der Waals surface area contributed by atoms with Gasteiger partial charge in [-0.25, -0.2) is 14.4 Å². The fraction of sp³-hybridized carbons (Fsp3) is 0.706. The third-order valence-corrected chi connectivity index (χ3v) is 5.11. The van der Waals surface area contributed by atoms with Gasteiger partial charge in [0.05, 0.1) is 12.8 Å². The van der Waals surface area contributed by atoms with Crippen molar-refractivity contribution in [3.8, 4) is 0 Å². The van der Waals surface area contributed by atoms with Crippen molar-refractivity contribution in [2.45, 2.75) is 39.3 Å². The van der Waals surface area contributed by atoms with Gasteiger partial charge in [0, 0.05) is 25.6 Å². The van der Waals surface area contributed by atoms with Gasteiger partial charge in [-0.2, -0.15) is 0 Å². The lowest BCUT2D eigenvalue weighted by Crippen LogP contribution is -2.56. The number of alkyl halides is 1. The summed E-state index contributed by atoms with van der Waals surface area (Å²) in [7, 11) is 1.44. The number of ether oxygens (including phenoxy) is 1. The number of esters is 1. The van der Waals surface area contributed by atoms with E-state index in [0.29, 0.717) is 35.7 Å². The molecule has 2 aliphatic heterocycles. The lowest BCUT2D eigenvalue weighted by Gasteiger charge is -2.53. The first-order valence-corrected chi connectivity index (χ1v) is 8.14. The van der Waals surface area contributed by atoms with E-state index in [-0.39, 0.29) is 5.97 Å². The highest BCUT2D eigenvalue weighted by Gasteiger charge is 2.47. The molecule has 126 valence electrons. The molecule has 4 rings (SSSR count). The second-order valence-corrected chi connectivity index (χ2v) is 7.24. The van der Waals surface area contributed by atoms with Gasteiger partial charge >= 0.3 is 5.97 Å². The van der Waals surface area contributed by atoms with E-state index < -0.39 is 5.67 Å². The standard InChI is InChI=1S/C17H24FN3O2/c1-10-19-14(17(2,3)18)7-15(20-10)21-8-11-5-12(9-21)13(11)6-16(22)23-4/h7,11-13H,5-6,8-9H2,1-4H3. The summed E-state index contributed by atoms with van der Waals surface area (Å²) in [5.41, 5.74) is -1.06. The second-order valence-electron chi connectivity index (χ2n) is 7.24. The summed E-state index contributed by atoms with van der Waals surface area (Å²) < 4.78 is 19.0. The number of fused-ring (bicyclic) bond motifs is 2. The Balaban J connectivity index is 1.74. The summed E-state index contributed by atoms with van der Waals surface area (Å²) >= 11 is 0. The number of rotatable bonds is 4. The number of piperidine rings is 2. The van der Waals surface area contributed by atoms with Gasteiger partial charge < -0.3 is 9.64 Å². The van der Waals surface area contributed by atoms with Gasteiger partial charge in [0.1, 0.15) is 17.3 Å². The summed E-state index contributed by atoms with van der Waals surface area (Å²) in [5, 5.41) is 0. The summed E-state index contributed by atoms with van der Waals surface area (Å²) in [4.78, 5) is 22.4. The number of methoxy groups -OCH3 is 1. The topological polar surface area (TPSA) is 55.3 Å². The lowest BCUT2D eigenvalue weighted by atomic mass is 9.60. The molecule has 0 spiro atoms. The van der Waals surface area contributed by atoms with Crippen LogP contribution >= 0.6 is 0 Å². The van der Waals surface area contributed by atoms with E-state index in [1.165, 1.54) is 21.0 Å². The van der Waals surface area contributed by atoms with E-state index in [1.54, 1.807) is 13.0 Å². The molecule has 1 aromatic heterocycles. The normalized spacial score (nSPS) is 26.7. The van der Waals surface area contributed by atoms with Crippen LogP contribution in [0.1, 0.15) is 38.2 Å². The van der Waals surface area contributed by atoms with Gasteiger partial charge in [0.25, 0.3) is 0 Å². The maximum Gasteiger partial charge on any atom is 0.305 e. The zero-order chi connectivity index (χ0) is 16.8. The lowest BCUT2D eigenvalue weighted by molar-refractivity contribution is -0.145. The molecule has 1 aliphatic carbocycles. The Bertz CT molecular complexity index is 602. The predicted molar refractivity (Wildman–Crippen MR) is 84.8 cm³/mol. The Kier molecular flexibility index (Phi) is 4.02. The Labute approximate surface area is 136 Å². The number of anilines is 1. The van der Waals surface area contributed by atoms with Crippen molar-refractivity contribution in [2.24, 2.45) is 17.8 Å². The number of hydrogen-bond acceptors (Lipinski definition) is 5. The Morgan fingerprint density at radius 2 is 2.04 bits per heavy atom. The largest absolute Gasteiger partial charge is 0.469 e. The molecule has 5 nitrogen and oxygen atoms in total. The van der Waals surface area contributed by atoms with Crippen LogP contribution in [0, 0.1) is 24.7 Å². The van der Waals surface area contributed by atoms with Gasteiger partial charge in [0.2, 0.25) is 0 Å². The van der Waals surface area contributed by atoms with E-state index in [2.05, 4.69) is 14.9 Å². The van der Waals surface area contributed by atoms with Crippen molar-refractivity contribution in [3.63, 3.8) is 0 Å². The molecule has 0 radical (unpaired) electrons. The fourth-order valence-corrected chi connectivity index (χ4v) is 3.80. The number of nitrogens with zero attached hydrogens (tertiary/aromatic N) is 3. The average molecular weight is 321 g/mol. The highest BCUT2D eigenvalue weighted by atomic mass is 19.1. The molecule has 6 heteroatoms. The third kappa shape index (κ3) is 3.16. The van der Waals surface area contributed by atoms with E-state index >= 15 is 0 Å². The van der Waals surface area contributed by atoms with Crippen LogP contribution in [0.2, 0.25) is 0 Å². The highest BCUT2D eigenvalue weighted by Crippen LogP contribution is 2.48. The van der Waals surface area contributed by atoms with Gasteiger partial charge in [-0.15, -0.1) is 0 Å². The zero-order valence-corrected chi connectivity index (χ0v) is 14.2. The first kappa shape index (κ1) is 16.1. The summed E-state index contributed by atoms with van der Waals surface area (Å²) in [6.45, 7) is 6.54. The molecule has 0 aromatic carbocycles. The molecule has 23 heavy (non-hydrogen) atoms. The minimum Gasteiger partial charge on any atom is -0.469 e. The van der Waals surface area contributed by atoms with Crippen molar-refractivity contribution in [2.75, 3.05) is 25.1 Å². The maximum absolute atomic E-state index is 14.2. The van der Waals surface area contributed by atoms with Gasteiger partial charge in [0.15, 0.2) is 0 Å². The number of aromatic nitrogens is 2. The van der Waals surface area contributed by atoms with Crippen molar-refractivity contribution >= 4 is 11.8 Å². The van der Waals surface area contributed by atoms with Crippen molar-refractivity contribution < 1.29 is 13.9 Å². The zero-order valence-electron chi connectivity index (χ0n) is 14.2. The molecule has 1 aromatic rings. The monoisotopic (exact) mass is 321 g/mol. The Morgan fingerprint density at radius 1 is 1.39 bits per heavy atom. The summed E-state index contributed by atoms with van der Waals surface area (Å²) in [6, 6.07) is 1.76. The van der Waals surface area contributed by atoms with Gasteiger partial charge in [-0.3, -0.25) is 4.79 Å². The van der Waals surface area contributed by atoms with Gasteiger partial charge in [-0.1, -0.05) is 0 Å². The number of hydrogen-bond donors (Lipinski definition) is 0. The van der Waals surface area contributed by atoms with Crippen LogP contribution in [0.15, 0.2) is 6.07 Å². The molecule has 2 atom stereocenters. The van der Waals surface area contributed by atoms with Crippen LogP contribution in [0.4, 0.5) is 10.2 Å². The number of carbonyl (C=O) groups is 1. The van der Waals surface area contributed by atoms with E-state index in [0.717, 1.165) is 25.3 Å². The molecular weight excluding hydrogens is 297 g/mol. The van der Waals surface area contributed by atoms with Crippen molar-refractivity contribution in [3.05, 3.63) is 17.6 Å². The van der Waals surface area contributed by atoms with Crippen molar-refractivity contribution in [1.29, 1.82) is 0 Å². The molecule has 2 saturated heterocycles. The molecule has 3 fully saturated rings. The molecule has 1 saturated carbocycles.